The van der Waals surface area contributed by atoms with E-state index in [4.69, 9.17) is 0 Å². The van der Waals surface area contributed by atoms with Crippen LogP contribution in [0, 0.1) is 0 Å². The van der Waals surface area contributed by atoms with E-state index in [2.05, 4.69) is 30.8 Å². The van der Waals surface area contributed by atoms with Crippen molar-refractivity contribution in [3.8, 4) is 0 Å². The van der Waals surface area contributed by atoms with Crippen LogP contribution in [0.5, 0.6) is 0 Å². The Morgan fingerprint density at radius 3 is 2.86 bits per heavy atom. The smallest absolute Gasteiger partial charge is 0.271 e. The lowest BCUT2D eigenvalue weighted by atomic mass is 10.2. The molecule has 22 heavy (non-hydrogen) atoms. The topological polar surface area (TPSA) is 88.0 Å². The van der Waals surface area contributed by atoms with Gasteiger partial charge in [0, 0.05) is 39.4 Å². The molecule has 1 saturated heterocycles. The maximum Gasteiger partial charge on any atom is 0.271 e. The average molecular weight is 301 g/mol. The zero-order chi connectivity index (χ0) is 15.5. The van der Waals surface area contributed by atoms with Crippen molar-refractivity contribution in [2.45, 2.75) is 12.5 Å². The van der Waals surface area contributed by atoms with Crippen molar-refractivity contribution in [1.82, 2.24) is 25.3 Å². The number of nitrogens with zero attached hydrogens (tertiary/aromatic N) is 5. The van der Waals surface area contributed by atoms with Crippen LogP contribution in [0.25, 0.3) is 0 Å². The van der Waals surface area contributed by atoms with E-state index in [1.165, 1.54) is 0 Å². The molecule has 1 amide bonds. The molecule has 0 aliphatic carbocycles. The molecule has 2 aromatic rings. The minimum absolute atomic E-state index is 0.234. The van der Waals surface area contributed by atoms with Gasteiger partial charge in [-0.1, -0.05) is 0 Å². The van der Waals surface area contributed by atoms with Crippen LogP contribution >= 0.6 is 0 Å². The summed E-state index contributed by atoms with van der Waals surface area (Å²) in [6.07, 6.45) is 4.91. The van der Waals surface area contributed by atoms with Gasteiger partial charge in [-0.05, 0) is 18.6 Å². The number of carbonyl (C=O) groups excluding carboxylic acids is 1. The summed E-state index contributed by atoms with van der Waals surface area (Å²) >= 11 is 0. The zero-order valence-corrected chi connectivity index (χ0v) is 12.7. The quantitative estimate of drug-likeness (QED) is 0.842. The number of aryl methyl sites for hydroxylation is 1. The number of rotatable bonds is 4. The maximum atomic E-state index is 11.4. The molecule has 8 nitrogen and oxygen atoms in total. The average Bonchev–Trinajstić information content (AvgIpc) is 3.16. The van der Waals surface area contributed by atoms with Gasteiger partial charge < -0.3 is 15.5 Å². The Hall–Kier alpha value is -2.64. The lowest BCUT2D eigenvalue weighted by Gasteiger charge is -2.17. The Morgan fingerprint density at radius 2 is 2.23 bits per heavy atom. The molecule has 1 fully saturated rings. The van der Waals surface area contributed by atoms with Crippen molar-refractivity contribution in [2.75, 3.05) is 30.4 Å². The number of aromatic nitrogens is 4. The Labute approximate surface area is 128 Å². The molecule has 3 rings (SSSR count). The van der Waals surface area contributed by atoms with Crippen LogP contribution in [0.3, 0.4) is 0 Å². The van der Waals surface area contributed by atoms with Gasteiger partial charge >= 0.3 is 0 Å². The van der Waals surface area contributed by atoms with Crippen molar-refractivity contribution in [3.05, 3.63) is 30.2 Å². The zero-order valence-electron chi connectivity index (χ0n) is 12.7. The molecular formula is C14H19N7O. The SMILES string of the molecule is CNC(=O)c1ccc(NC2CCN(c3cnn(C)c3)C2)nn1. The molecular weight excluding hydrogens is 282 g/mol. The highest BCUT2D eigenvalue weighted by Gasteiger charge is 2.23. The Bertz CT molecular complexity index is 651. The van der Waals surface area contributed by atoms with Crippen LogP contribution in [0.4, 0.5) is 11.5 Å². The van der Waals surface area contributed by atoms with Crippen molar-refractivity contribution in [2.24, 2.45) is 7.05 Å². The molecule has 0 spiro atoms. The summed E-state index contributed by atoms with van der Waals surface area (Å²) in [7, 11) is 3.49. The monoisotopic (exact) mass is 301 g/mol. The van der Waals surface area contributed by atoms with E-state index in [9.17, 15) is 4.79 Å². The predicted octanol–water partition coefficient (Wildman–Crippen LogP) is 0.260. The Kier molecular flexibility index (Phi) is 3.90. The molecule has 2 N–H and O–H groups in total. The predicted molar refractivity (Wildman–Crippen MR) is 82.9 cm³/mol. The summed E-state index contributed by atoms with van der Waals surface area (Å²) in [5.41, 5.74) is 1.45. The summed E-state index contributed by atoms with van der Waals surface area (Å²) < 4.78 is 1.80. The third kappa shape index (κ3) is 3.00. The van der Waals surface area contributed by atoms with Gasteiger partial charge in [-0.25, -0.2) is 0 Å². The standard InChI is InChI=1S/C14H19N7O/c1-15-14(22)12-3-4-13(19-18-12)17-10-5-6-21(8-10)11-7-16-20(2)9-11/h3-4,7,9-10H,5-6,8H2,1-2H3,(H,15,22)(H,17,19). The summed E-state index contributed by atoms with van der Waals surface area (Å²) in [5, 5.41) is 18.1. The highest BCUT2D eigenvalue weighted by molar-refractivity contribution is 5.91. The molecule has 1 aliphatic heterocycles. The minimum Gasteiger partial charge on any atom is -0.367 e. The minimum atomic E-state index is -0.234. The molecule has 2 aromatic heterocycles. The second-order valence-corrected chi connectivity index (χ2v) is 5.33. The Morgan fingerprint density at radius 1 is 1.36 bits per heavy atom. The third-order valence-electron chi connectivity index (χ3n) is 3.72. The van der Waals surface area contributed by atoms with Crippen LogP contribution in [0.1, 0.15) is 16.9 Å². The van der Waals surface area contributed by atoms with Crippen LogP contribution in [0.2, 0.25) is 0 Å². The number of amides is 1. The van der Waals surface area contributed by atoms with Gasteiger partial charge in [-0.3, -0.25) is 9.48 Å². The van der Waals surface area contributed by atoms with Crippen molar-refractivity contribution in [3.63, 3.8) is 0 Å². The molecule has 116 valence electrons. The van der Waals surface area contributed by atoms with Gasteiger partial charge in [-0.2, -0.15) is 5.10 Å². The lowest BCUT2D eigenvalue weighted by Crippen LogP contribution is -2.26. The maximum absolute atomic E-state index is 11.4. The van der Waals surface area contributed by atoms with Crippen LogP contribution in [-0.2, 0) is 7.05 Å². The van der Waals surface area contributed by atoms with E-state index in [-0.39, 0.29) is 5.91 Å². The van der Waals surface area contributed by atoms with Crippen molar-refractivity contribution < 1.29 is 4.79 Å². The Balaban J connectivity index is 1.59. The first-order valence-corrected chi connectivity index (χ1v) is 7.21. The summed E-state index contributed by atoms with van der Waals surface area (Å²) in [4.78, 5) is 13.7. The summed E-state index contributed by atoms with van der Waals surface area (Å²) in [6, 6.07) is 3.76. The van der Waals surface area contributed by atoms with E-state index in [0.29, 0.717) is 17.6 Å². The van der Waals surface area contributed by atoms with Gasteiger partial charge in [0.25, 0.3) is 5.91 Å². The number of hydrogen-bond acceptors (Lipinski definition) is 6. The van der Waals surface area contributed by atoms with E-state index in [1.807, 2.05) is 19.4 Å². The summed E-state index contributed by atoms with van der Waals surface area (Å²) in [5.74, 6) is 0.452. The van der Waals surface area contributed by atoms with Gasteiger partial charge in [0.05, 0.1) is 11.9 Å². The molecule has 1 atom stereocenters. The molecule has 0 radical (unpaired) electrons. The van der Waals surface area contributed by atoms with E-state index < -0.39 is 0 Å². The van der Waals surface area contributed by atoms with Crippen LogP contribution in [-0.4, -0.2) is 52.1 Å². The van der Waals surface area contributed by atoms with Gasteiger partial charge in [0.1, 0.15) is 5.82 Å². The highest BCUT2D eigenvalue weighted by Crippen LogP contribution is 2.21. The van der Waals surface area contributed by atoms with E-state index >= 15 is 0 Å². The van der Waals surface area contributed by atoms with Gasteiger partial charge in [0.15, 0.2) is 5.69 Å². The van der Waals surface area contributed by atoms with E-state index in [0.717, 1.165) is 25.2 Å². The summed E-state index contributed by atoms with van der Waals surface area (Å²) in [6.45, 7) is 1.87. The molecule has 0 bridgehead atoms. The molecule has 0 saturated carbocycles. The first kappa shape index (κ1) is 14.3. The normalized spacial score (nSPS) is 17.5. The van der Waals surface area contributed by atoms with Crippen LogP contribution < -0.4 is 15.5 Å². The van der Waals surface area contributed by atoms with Crippen LogP contribution in [0.15, 0.2) is 24.5 Å². The van der Waals surface area contributed by atoms with Crippen molar-refractivity contribution >= 4 is 17.4 Å². The number of carbonyl (C=O) groups is 1. The first-order chi connectivity index (χ1) is 10.7. The fourth-order valence-corrected chi connectivity index (χ4v) is 2.55. The van der Waals surface area contributed by atoms with Crippen molar-refractivity contribution in [1.29, 1.82) is 0 Å². The molecule has 8 heteroatoms. The van der Waals surface area contributed by atoms with Gasteiger partial charge in [0.2, 0.25) is 0 Å². The third-order valence-corrected chi connectivity index (χ3v) is 3.72. The second-order valence-electron chi connectivity index (χ2n) is 5.33. The number of anilines is 2. The molecule has 1 unspecified atom stereocenters. The molecule has 1 aliphatic rings. The lowest BCUT2D eigenvalue weighted by molar-refractivity contribution is 0.0957. The first-order valence-electron chi connectivity index (χ1n) is 7.21. The number of hydrogen-bond donors (Lipinski definition) is 2. The fourth-order valence-electron chi connectivity index (χ4n) is 2.55. The molecule has 3 heterocycles. The largest absolute Gasteiger partial charge is 0.367 e. The second kappa shape index (κ2) is 6.00. The van der Waals surface area contributed by atoms with E-state index in [1.54, 1.807) is 23.9 Å². The highest BCUT2D eigenvalue weighted by atomic mass is 16.1. The number of nitrogens with one attached hydrogen (secondary N) is 2. The molecule has 0 aromatic carbocycles. The van der Waals surface area contributed by atoms with Gasteiger partial charge in [-0.15, -0.1) is 10.2 Å². The fraction of sp³-hybridized carbons (Fsp3) is 0.429.